The molecule has 0 fully saturated rings. The van der Waals surface area contributed by atoms with Crippen LogP contribution in [0.1, 0.15) is 18.9 Å². The van der Waals surface area contributed by atoms with Crippen LogP contribution in [-0.4, -0.2) is 32.3 Å². The summed E-state index contributed by atoms with van der Waals surface area (Å²) in [5, 5.41) is 2.89. The lowest BCUT2D eigenvalue weighted by molar-refractivity contribution is 0.146. The molecule has 1 aromatic rings. The second-order valence-corrected chi connectivity index (χ2v) is 4.23. The smallest absolute Gasteiger partial charge is 0.188 e. The Morgan fingerprint density at radius 2 is 2.14 bits per heavy atom. The van der Waals surface area contributed by atoms with Gasteiger partial charge in [-0.1, -0.05) is 6.07 Å². The Morgan fingerprint density at radius 3 is 2.81 bits per heavy atom. The molecular formula is C14H22F2IN3O. The van der Waals surface area contributed by atoms with Crippen LogP contribution in [0.5, 0.6) is 0 Å². The van der Waals surface area contributed by atoms with Gasteiger partial charge >= 0.3 is 0 Å². The molecule has 0 unspecified atom stereocenters. The van der Waals surface area contributed by atoms with Crippen LogP contribution in [0.25, 0.3) is 0 Å². The van der Waals surface area contributed by atoms with Gasteiger partial charge in [-0.3, -0.25) is 4.99 Å². The van der Waals surface area contributed by atoms with E-state index < -0.39 is 11.6 Å². The van der Waals surface area contributed by atoms with E-state index in [0.717, 1.165) is 12.5 Å². The maximum Gasteiger partial charge on any atom is 0.188 e. The Hall–Kier alpha value is -0.960. The molecule has 1 rings (SSSR count). The van der Waals surface area contributed by atoms with Crippen molar-refractivity contribution in [2.45, 2.75) is 19.8 Å². The minimum absolute atomic E-state index is 0. The number of aliphatic imine (C=N–C) groups is 1. The van der Waals surface area contributed by atoms with E-state index in [1.54, 1.807) is 0 Å². The van der Waals surface area contributed by atoms with Crippen molar-refractivity contribution < 1.29 is 13.5 Å². The normalized spacial score (nSPS) is 11.1. The van der Waals surface area contributed by atoms with Gasteiger partial charge in [-0.15, -0.1) is 24.0 Å². The minimum atomic E-state index is -0.574. The van der Waals surface area contributed by atoms with Gasteiger partial charge in [0.05, 0.1) is 0 Å². The molecule has 0 saturated carbocycles. The molecule has 3 N–H and O–H groups in total. The van der Waals surface area contributed by atoms with Gasteiger partial charge in [-0.2, -0.15) is 0 Å². The maximum atomic E-state index is 13.4. The van der Waals surface area contributed by atoms with Crippen LogP contribution >= 0.6 is 24.0 Å². The summed E-state index contributed by atoms with van der Waals surface area (Å²) >= 11 is 0. The van der Waals surface area contributed by atoms with Gasteiger partial charge in [0.2, 0.25) is 0 Å². The summed E-state index contributed by atoms with van der Waals surface area (Å²) in [4.78, 5) is 4.11. The van der Waals surface area contributed by atoms with E-state index in [1.807, 2.05) is 6.92 Å². The van der Waals surface area contributed by atoms with Crippen LogP contribution in [0.2, 0.25) is 0 Å². The molecule has 0 radical (unpaired) electrons. The van der Waals surface area contributed by atoms with Crippen LogP contribution in [0.15, 0.2) is 23.2 Å². The second kappa shape index (κ2) is 11.7. The average molecular weight is 413 g/mol. The van der Waals surface area contributed by atoms with Gasteiger partial charge in [-0.25, -0.2) is 8.78 Å². The molecule has 7 heteroatoms. The monoisotopic (exact) mass is 413 g/mol. The highest BCUT2D eigenvalue weighted by Crippen LogP contribution is 2.09. The predicted octanol–water partition coefficient (Wildman–Crippen LogP) is 2.46. The van der Waals surface area contributed by atoms with Crippen LogP contribution < -0.4 is 11.1 Å². The number of ether oxygens (including phenoxy) is 1. The molecule has 120 valence electrons. The SMILES string of the molecule is CCOCCCN=C(N)NCCc1ccc(F)cc1F.I. The Balaban J connectivity index is 0.00000400. The molecule has 0 spiro atoms. The molecule has 0 atom stereocenters. The highest BCUT2D eigenvalue weighted by Gasteiger charge is 2.03. The average Bonchev–Trinajstić information content (AvgIpc) is 2.41. The fourth-order valence-electron chi connectivity index (χ4n) is 1.62. The topological polar surface area (TPSA) is 59.6 Å². The molecule has 21 heavy (non-hydrogen) atoms. The molecule has 4 nitrogen and oxygen atoms in total. The van der Waals surface area contributed by atoms with Crippen LogP contribution in [0.3, 0.4) is 0 Å². The van der Waals surface area contributed by atoms with Crippen molar-refractivity contribution >= 4 is 29.9 Å². The number of benzene rings is 1. The predicted molar refractivity (Wildman–Crippen MR) is 91.1 cm³/mol. The molecule has 1 aromatic carbocycles. The number of guanidine groups is 1. The van der Waals surface area contributed by atoms with Crippen molar-refractivity contribution in [1.29, 1.82) is 0 Å². The fourth-order valence-corrected chi connectivity index (χ4v) is 1.62. The van der Waals surface area contributed by atoms with Crippen LogP contribution in [0, 0.1) is 11.6 Å². The van der Waals surface area contributed by atoms with Crippen molar-refractivity contribution in [3.63, 3.8) is 0 Å². The van der Waals surface area contributed by atoms with Gasteiger partial charge in [0, 0.05) is 32.4 Å². The molecule has 0 amide bonds. The maximum absolute atomic E-state index is 13.4. The van der Waals surface area contributed by atoms with Crippen LogP contribution in [-0.2, 0) is 11.2 Å². The number of rotatable bonds is 8. The van der Waals surface area contributed by atoms with Crippen molar-refractivity contribution in [3.05, 3.63) is 35.4 Å². The zero-order valence-corrected chi connectivity index (χ0v) is 14.4. The molecule has 0 saturated heterocycles. The van der Waals surface area contributed by atoms with Crippen LogP contribution in [0.4, 0.5) is 8.78 Å². The lowest BCUT2D eigenvalue weighted by Crippen LogP contribution is -2.33. The summed E-state index contributed by atoms with van der Waals surface area (Å²) in [5.41, 5.74) is 6.11. The highest BCUT2D eigenvalue weighted by atomic mass is 127. The third-order valence-electron chi connectivity index (χ3n) is 2.65. The van der Waals surface area contributed by atoms with Crippen molar-refractivity contribution in [3.8, 4) is 0 Å². The highest BCUT2D eigenvalue weighted by molar-refractivity contribution is 14.0. The lowest BCUT2D eigenvalue weighted by Gasteiger charge is -2.07. The van der Waals surface area contributed by atoms with Gasteiger partial charge in [0.25, 0.3) is 0 Å². The summed E-state index contributed by atoms with van der Waals surface area (Å²) in [6.45, 7) is 4.33. The molecule has 0 aliphatic rings. The standard InChI is InChI=1S/C14H21F2N3O.HI/c1-2-20-9-3-7-18-14(17)19-8-6-11-4-5-12(15)10-13(11)16;/h4-5,10H,2-3,6-9H2,1H3,(H3,17,18,19);1H. The first-order valence-electron chi connectivity index (χ1n) is 6.69. The van der Waals surface area contributed by atoms with Crippen molar-refractivity contribution in [1.82, 2.24) is 5.32 Å². The molecule has 0 bridgehead atoms. The summed E-state index contributed by atoms with van der Waals surface area (Å²) in [5.74, 6) is -0.794. The number of hydrogen-bond acceptors (Lipinski definition) is 2. The number of hydrogen-bond donors (Lipinski definition) is 2. The first-order chi connectivity index (χ1) is 9.63. The third kappa shape index (κ3) is 8.82. The summed E-state index contributed by atoms with van der Waals surface area (Å²) in [6, 6.07) is 3.55. The molecular weight excluding hydrogens is 391 g/mol. The quantitative estimate of drug-likeness (QED) is 0.298. The van der Waals surface area contributed by atoms with Gasteiger partial charge < -0.3 is 15.8 Å². The first kappa shape index (κ1) is 20.0. The first-order valence-corrected chi connectivity index (χ1v) is 6.69. The zero-order valence-electron chi connectivity index (χ0n) is 12.1. The second-order valence-electron chi connectivity index (χ2n) is 4.23. The third-order valence-corrected chi connectivity index (χ3v) is 2.65. The Bertz CT molecular complexity index is 444. The van der Waals surface area contributed by atoms with Crippen molar-refractivity contribution in [2.75, 3.05) is 26.3 Å². The summed E-state index contributed by atoms with van der Waals surface area (Å²) in [6.07, 6.45) is 1.23. The number of nitrogens with two attached hydrogens (primary N) is 1. The molecule has 0 aromatic heterocycles. The molecule has 0 aliphatic heterocycles. The van der Waals surface area contributed by atoms with E-state index in [4.69, 9.17) is 10.5 Å². The zero-order chi connectivity index (χ0) is 14.8. The Morgan fingerprint density at radius 1 is 1.38 bits per heavy atom. The van der Waals surface area contributed by atoms with E-state index in [2.05, 4.69) is 10.3 Å². The minimum Gasteiger partial charge on any atom is -0.382 e. The fraction of sp³-hybridized carbons (Fsp3) is 0.500. The van der Waals surface area contributed by atoms with Gasteiger partial charge in [0.1, 0.15) is 11.6 Å². The van der Waals surface area contributed by atoms with E-state index in [1.165, 1.54) is 12.1 Å². The Labute approximate surface area is 141 Å². The van der Waals surface area contributed by atoms with E-state index in [-0.39, 0.29) is 24.0 Å². The van der Waals surface area contributed by atoms with Crippen molar-refractivity contribution in [2.24, 2.45) is 10.7 Å². The number of halogens is 3. The van der Waals surface area contributed by atoms with E-state index in [0.29, 0.717) is 44.2 Å². The summed E-state index contributed by atoms with van der Waals surface area (Å²) < 4.78 is 31.2. The van der Waals surface area contributed by atoms with E-state index in [9.17, 15) is 8.78 Å². The Kier molecular flexibility index (Phi) is 11.1. The molecule has 0 aliphatic carbocycles. The summed E-state index contributed by atoms with van der Waals surface area (Å²) in [7, 11) is 0. The molecule has 0 heterocycles. The van der Waals surface area contributed by atoms with Gasteiger partial charge in [0.15, 0.2) is 5.96 Å². The number of nitrogens with zero attached hydrogens (tertiary/aromatic N) is 1. The largest absolute Gasteiger partial charge is 0.382 e. The number of nitrogens with one attached hydrogen (secondary N) is 1. The lowest BCUT2D eigenvalue weighted by atomic mass is 10.1. The van der Waals surface area contributed by atoms with Gasteiger partial charge in [-0.05, 0) is 31.4 Å². The van der Waals surface area contributed by atoms with E-state index >= 15 is 0 Å².